The molecule has 0 unspecified atom stereocenters. The van der Waals surface area contributed by atoms with Gasteiger partial charge in [0.25, 0.3) is 5.91 Å². The van der Waals surface area contributed by atoms with Crippen LogP contribution in [0.4, 0.5) is 5.69 Å². The van der Waals surface area contributed by atoms with Gasteiger partial charge in [0.1, 0.15) is 6.04 Å². The molecule has 4 rings (SSSR count). The summed E-state index contributed by atoms with van der Waals surface area (Å²) in [6, 6.07) is 5.06. The number of nitrogens with zero attached hydrogens (tertiary/aromatic N) is 1. The maximum absolute atomic E-state index is 12.8. The Morgan fingerprint density at radius 1 is 1.03 bits per heavy atom. The Morgan fingerprint density at radius 3 is 2.21 bits per heavy atom. The SMILES string of the molecule is CCCOC(=O)c1ccc(NC(=O)COC(=O)[C@H](C)N2C(=O)[C@@H]3[C@H]4CC[C@@H](C4)[C@H]3C2=O)cc1. The Bertz CT molecular complexity index is 946. The van der Waals surface area contributed by atoms with Crippen molar-refractivity contribution in [2.75, 3.05) is 18.5 Å². The van der Waals surface area contributed by atoms with Gasteiger partial charge in [0.2, 0.25) is 11.8 Å². The predicted molar refractivity (Wildman–Crippen MR) is 116 cm³/mol. The Labute approximate surface area is 191 Å². The van der Waals surface area contributed by atoms with Crippen LogP contribution >= 0.6 is 0 Å². The molecular weight excluding hydrogens is 428 g/mol. The summed E-state index contributed by atoms with van der Waals surface area (Å²) in [5.41, 5.74) is 0.782. The molecule has 1 aliphatic heterocycles. The van der Waals surface area contributed by atoms with Crippen molar-refractivity contribution in [2.45, 2.75) is 45.6 Å². The molecule has 176 valence electrons. The summed E-state index contributed by atoms with van der Waals surface area (Å²) in [7, 11) is 0. The van der Waals surface area contributed by atoms with Crippen LogP contribution in [0, 0.1) is 23.7 Å². The van der Waals surface area contributed by atoms with Crippen LogP contribution in [0.15, 0.2) is 24.3 Å². The molecule has 3 aliphatic rings. The van der Waals surface area contributed by atoms with Crippen LogP contribution in [0.5, 0.6) is 0 Å². The summed E-state index contributed by atoms with van der Waals surface area (Å²) >= 11 is 0. The van der Waals surface area contributed by atoms with Crippen LogP contribution in [-0.2, 0) is 28.7 Å². The largest absolute Gasteiger partial charge is 0.462 e. The first-order valence-corrected chi connectivity index (χ1v) is 11.4. The number of hydrogen-bond donors (Lipinski definition) is 1. The number of fused-ring (bicyclic) bond motifs is 5. The number of likely N-dealkylation sites (tertiary alicyclic amines) is 1. The number of imide groups is 1. The molecule has 0 radical (unpaired) electrons. The third kappa shape index (κ3) is 4.36. The summed E-state index contributed by atoms with van der Waals surface area (Å²) in [5.74, 6) is -2.55. The van der Waals surface area contributed by atoms with Gasteiger partial charge in [-0.1, -0.05) is 6.92 Å². The van der Waals surface area contributed by atoms with E-state index in [1.54, 1.807) is 12.1 Å². The fraction of sp³-hybridized carbons (Fsp3) is 0.542. The van der Waals surface area contributed by atoms with Crippen molar-refractivity contribution >= 4 is 35.3 Å². The number of rotatable bonds is 8. The van der Waals surface area contributed by atoms with Crippen LogP contribution in [-0.4, -0.2) is 53.8 Å². The maximum atomic E-state index is 12.8. The van der Waals surface area contributed by atoms with E-state index in [4.69, 9.17) is 9.47 Å². The number of esters is 2. The molecular formula is C24H28N2O7. The van der Waals surface area contributed by atoms with E-state index in [0.717, 1.165) is 30.6 Å². The summed E-state index contributed by atoms with van der Waals surface area (Å²) in [4.78, 5) is 63.2. The number of nitrogens with one attached hydrogen (secondary N) is 1. The van der Waals surface area contributed by atoms with Gasteiger partial charge in [-0.15, -0.1) is 0 Å². The lowest BCUT2D eigenvalue weighted by Crippen LogP contribution is -2.45. The normalized spacial score (nSPS) is 26.2. The van der Waals surface area contributed by atoms with E-state index in [9.17, 15) is 24.0 Å². The molecule has 9 nitrogen and oxygen atoms in total. The number of carbonyl (C=O) groups excluding carboxylic acids is 5. The highest BCUT2D eigenvalue weighted by Crippen LogP contribution is 2.56. The first-order valence-electron chi connectivity index (χ1n) is 11.4. The van der Waals surface area contributed by atoms with Crippen molar-refractivity contribution in [3.8, 4) is 0 Å². The van der Waals surface area contributed by atoms with E-state index in [1.165, 1.54) is 19.1 Å². The molecule has 1 heterocycles. The van der Waals surface area contributed by atoms with Gasteiger partial charge in [-0.3, -0.25) is 19.3 Å². The van der Waals surface area contributed by atoms with Gasteiger partial charge < -0.3 is 14.8 Å². The zero-order valence-corrected chi connectivity index (χ0v) is 18.7. The number of ether oxygens (including phenoxy) is 2. The summed E-state index contributed by atoms with van der Waals surface area (Å²) in [6.07, 6.45) is 3.55. The standard InChI is InChI=1S/C24H28N2O7/c1-3-10-32-24(31)14-6-8-17(9-7-14)25-18(27)12-33-23(30)13(2)26-21(28)19-15-4-5-16(11-15)20(19)22(26)29/h6-9,13,15-16,19-20H,3-5,10-12H2,1-2H3,(H,25,27)/t13-,15-,16-,19+,20+/m0/s1. The average Bonchev–Trinajstić information content (AvgIpc) is 3.49. The first-order chi connectivity index (χ1) is 15.8. The second kappa shape index (κ2) is 9.33. The molecule has 2 saturated carbocycles. The second-order valence-electron chi connectivity index (χ2n) is 8.98. The van der Waals surface area contributed by atoms with Gasteiger partial charge in [0.05, 0.1) is 24.0 Å². The third-order valence-electron chi connectivity index (χ3n) is 6.88. The average molecular weight is 456 g/mol. The highest BCUT2D eigenvalue weighted by Gasteiger charge is 2.62. The summed E-state index contributed by atoms with van der Waals surface area (Å²) in [5, 5.41) is 2.57. The van der Waals surface area contributed by atoms with Crippen LogP contribution < -0.4 is 5.32 Å². The summed E-state index contributed by atoms with van der Waals surface area (Å²) in [6.45, 7) is 3.13. The minimum absolute atomic E-state index is 0.232. The minimum atomic E-state index is -1.07. The van der Waals surface area contributed by atoms with Crippen molar-refractivity contribution in [1.29, 1.82) is 0 Å². The Kier molecular flexibility index (Phi) is 6.49. The monoisotopic (exact) mass is 456 g/mol. The fourth-order valence-electron chi connectivity index (χ4n) is 5.34. The quantitative estimate of drug-likeness (QED) is 0.470. The van der Waals surface area contributed by atoms with E-state index in [2.05, 4.69) is 5.32 Å². The van der Waals surface area contributed by atoms with Crippen LogP contribution in [0.1, 0.15) is 49.9 Å². The number of hydrogen-bond acceptors (Lipinski definition) is 7. The van der Waals surface area contributed by atoms with Crippen molar-refractivity contribution in [3.05, 3.63) is 29.8 Å². The molecule has 1 N–H and O–H groups in total. The smallest absolute Gasteiger partial charge is 0.338 e. The van der Waals surface area contributed by atoms with Crippen molar-refractivity contribution < 1.29 is 33.4 Å². The Morgan fingerprint density at radius 2 is 1.64 bits per heavy atom. The zero-order chi connectivity index (χ0) is 23.7. The maximum Gasteiger partial charge on any atom is 0.338 e. The lowest BCUT2D eigenvalue weighted by Gasteiger charge is -2.23. The molecule has 2 bridgehead atoms. The molecule has 3 amide bonds. The molecule has 3 fully saturated rings. The van der Waals surface area contributed by atoms with Crippen molar-refractivity contribution in [1.82, 2.24) is 4.90 Å². The van der Waals surface area contributed by atoms with Gasteiger partial charge in [0.15, 0.2) is 6.61 Å². The lowest BCUT2D eigenvalue weighted by atomic mass is 9.81. The molecule has 33 heavy (non-hydrogen) atoms. The van der Waals surface area contributed by atoms with Gasteiger partial charge in [-0.25, -0.2) is 9.59 Å². The number of amides is 3. The molecule has 5 atom stereocenters. The summed E-state index contributed by atoms with van der Waals surface area (Å²) < 4.78 is 10.1. The van der Waals surface area contributed by atoms with Gasteiger partial charge in [0, 0.05) is 5.69 Å². The van der Waals surface area contributed by atoms with E-state index >= 15 is 0 Å². The van der Waals surface area contributed by atoms with Gasteiger partial charge in [-0.05, 0) is 68.7 Å². The van der Waals surface area contributed by atoms with Crippen LogP contribution in [0.3, 0.4) is 0 Å². The zero-order valence-electron chi connectivity index (χ0n) is 18.7. The topological polar surface area (TPSA) is 119 Å². The molecule has 9 heteroatoms. The van der Waals surface area contributed by atoms with Gasteiger partial charge in [-0.2, -0.15) is 0 Å². The lowest BCUT2D eigenvalue weighted by molar-refractivity contribution is -0.159. The highest BCUT2D eigenvalue weighted by atomic mass is 16.5. The van der Waals surface area contributed by atoms with E-state index in [-0.39, 0.29) is 35.5 Å². The van der Waals surface area contributed by atoms with Crippen LogP contribution in [0.2, 0.25) is 0 Å². The fourth-order valence-corrected chi connectivity index (χ4v) is 5.34. The first kappa shape index (κ1) is 22.9. The Balaban J connectivity index is 1.27. The van der Waals surface area contributed by atoms with Crippen LogP contribution in [0.25, 0.3) is 0 Å². The van der Waals surface area contributed by atoms with E-state index < -0.39 is 30.5 Å². The Hall–Kier alpha value is -3.23. The van der Waals surface area contributed by atoms with E-state index in [0.29, 0.717) is 17.9 Å². The van der Waals surface area contributed by atoms with Crippen molar-refractivity contribution in [2.24, 2.45) is 23.7 Å². The highest BCUT2D eigenvalue weighted by molar-refractivity contribution is 6.08. The molecule has 1 aromatic rings. The molecule has 1 saturated heterocycles. The molecule has 2 aliphatic carbocycles. The van der Waals surface area contributed by atoms with Crippen molar-refractivity contribution in [3.63, 3.8) is 0 Å². The predicted octanol–water partition coefficient (Wildman–Crippen LogP) is 2.15. The molecule has 0 spiro atoms. The second-order valence-corrected chi connectivity index (χ2v) is 8.98. The van der Waals surface area contributed by atoms with Gasteiger partial charge >= 0.3 is 11.9 Å². The third-order valence-corrected chi connectivity index (χ3v) is 6.88. The number of carbonyl (C=O) groups is 5. The molecule has 1 aromatic carbocycles. The molecule has 0 aromatic heterocycles. The minimum Gasteiger partial charge on any atom is -0.462 e. The number of benzene rings is 1. The van der Waals surface area contributed by atoms with E-state index in [1.807, 2.05) is 6.92 Å². The number of anilines is 1.